The van der Waals surface area contributed by atoms with E-state index in [1.807, 2.05) is 12.1 Å². The maximum Gasteiger partial charge on any atom is 0.323 e. The minimum absolute atomic E-state index is 0.250. The van der Waals surface area contributed by atoms with Gasteiger partial charge < -0.3 is 20.9 Å². The summed E-state index contributed by atoms with van der Waals surface area (Å²) in [4.78, 5) is 16.4. The molecule has 4 rings (SSSR count). The number of nitrogens with two attached hydrogens (primary N) is 1. The number of pyridine rings is 1. The summed E-state index contributed by atoms with van der Waals surface area (Å²) < 4.78 is 19.7. The number of aromatic nitrogens is 2. The number of anilines is 3. The molecule has 4 N–H and O–H groups in total. The van der Waals surface area contributed by atoms with Gasteiger partial charge in [-0.1, -0.05) is 22.0 Å². The van der Waals surface area contributed by atoms with Crippen molar-refractivity contribution < 1.29 is 7.54 Å². The van der Waals surface area contributed by atoms with Gasteiger partial charge in [0.25, 0.3) is 0 Å². The van der Waals surface area contributed by atoms with Crippen molar-refractivity contribution in [1.29, 1.82) is 0 Å². The van der Waals surface area contributed by atoms with E-state index in [9.17, 15) is 4.79 Å². The van der Waals surface area contributed by atoms with Crippen LogP contribution in [-0.2, 0) is 6.50 Å². The number of urea groups is 1. The molecular formula is C21H18BrN5O. The molecule has 0 aliphatic carbocycles. The highest BCUT2D eigenvalue weighted by atomic mass is 79.9. The molecule has 0 radical (unpaired) electrons. The summed E-state index contributed by atoms with van der Waals surface area (Å²) in [6.45, 7) is -1.85. The van der Waals surface area contributed by atoms with Crippen LogP contribution < -0.4 is 16.4 Å². The third-order valence-electron chi connectivity index (χ3n) is 4.11. The number of carbonyl (C=O) groups is 1. The number of hydrogen-bond acceptors (Lipinski definition) is 3. The summed E-state index contributed by atoms with van der Waals surface area (Å²) in [6, 6.07) is 17.1. The lowest BCUT2D eigenvalue weighted by atomic mass is 10.2. The number of fused-ring (bicyclic) bond motifs is 1. The van der Waals surface area contributed by atoms with Crippen molar-refractivity contribution in [2.75, 3.05) is 16.4 Å². The van der Waals surface area contributed by atoms with Gasteiger partial charge in [-0.25, -0.2) is 9.78 Å². The first-order valence-corrected chi connectivity index (χ1v) is 9.30. The molecule has 0 unspecified atom stereocenters. The highest BCUT2D eigenvalue weighted by Gasteiger charge is 2.09. The summed E-state index contributed by atoms with van der Waals surface area (Å²) in [5.74, 6) is 0.250. The predicted octanol–water partition coefficient (Wildman–Crippen LogP) is 5.07. The lowest BCUT2D eigenvalue weighted by Crippen LogP contribution is -2.19. The molecule has 2 aromatic carbocycles. The van der Waals surface area contributed by atoms with Crippen molar-refractivity contribution in [3.05, 3.63) is 83.1 Å². The summed E-state index contributed by atoms with van der Waals surface area (Å²) in [5, 5.41) is 6.33. The van der Waals surface area contributed by atoms with Gasteiger partial charge in [0.1, 0.15) is 5.82 Å². The summed E-state index contributed by atoms with van der Waals surface area (Å²) >= 11 is 3.36. The fourth-order valence-corrected chi connectivity index (χ4v) is 3.11. The van der Waals surface area contributed by atoms with Gasteiger partial charge in [-0.3, -0.25) is 0 Å². The van der Waals surface area contributed by atoms with Gasteiger partial charge in [-0.15, -0.1) is 0 Å². The third kappa shape index (κ3) is 3.99. The van der Waals surface area contributed by atoms with E-state index in [1.54, 1.807) is 48.7 Å². The van der Waals surface area contributed by atoms with Crippen LogP contribution in [0.15, 0.2) is 77.5 Å². The smallest absolute Gasteiger partial charge is 0.323 e. The Morgan fingerprint density at radius 3 is 2.75 bits per heavy atom. The Morgan fingerprint density at radius 2 is 1.96 bits per heavy atom. The Kier molecular flexibility index (Phi) is 4.34. The molecule has 0 saturated heterocycles. The molecule has 28 heavy (non-hydrogen) atoms. The molecular weight excluding hydrogens is 418 g/mol. The Labute approximate surface area is 173 Å². The minimum Gasteiger partial charge on any atom is -0.384 e. The number of halogens is 1. The molecule has 0 spiro atoms. The molecule has 6 nitrogen and oxygen atoms in total. The van der Waals surface area contributed by atoms with E-state index in [0.717, 1.165) is 4.47 Å². The largest absolute Gasteiger partial charge is 0.384 e. The number of amides is 2. The maximum absolute atomic E-state index is 12.4. The molecule has 0 atom stereocenters. The van der Waals surface area contributed by atoms with Gasteiger partial charge in [0, 0.05) is 34.4 Å². The number of carbonyl (C=O) groups excluding carboxylic acids is 1. The van der Waals surface area contributed by atoms with Crippen LogP contribution in [0.4, 0.5) is 22.0 Å². The van der Waals surface area contributed by atoms with Gasteiger partial charge >= 0.3 is 6.03 Å². The van der Waals surface area contributed by atoms with Crippen LogP contribution in [0.1, 0.15) is 8.30 Å². The van der Waals surface area contributed by atoms with Crippen LogP contribution in [0, 0.1) is 0 Å². The van der Waals surface area contributed by atoms with Crippen molar-refractivity contribution in [3.63, 3.8) is 0 Å². The average Bonchev–Trinajstić information content (AvgIpc) is 3.16. The quantitative estimate of drug-likeness (QED) is 0.416. The highest BCUT2D eigenvalue weighted by Crippen LogP contribution is 2.26. The molecule has 2 aromatic heterocycles. The first-order chi connectivity index (χ1) is 14.3. The number of nitrogens with one attached hydrogen (secondary N) is 2. The standard InChI is InChI=1S/C21H18BrN5O/c22-15-4-6-16(7-5-15)25-21(28)26-18-2-1-3-19-17(18)9-11-27(19)13-14-8-10-24-20(23)12-14/h1-12H,13H2,(H2,23,24)(H2,25,26,28)/i13D2. The van der Waals surface area contributed by atoms with Gasteiger partial charge in [0.05, 0.1) is 13.9 Å². The van der Waals surface area contributed by atoms with Gasteiger partial charge in [0.2, 0.25) is 0 Å². The predicted molar refractivity (Wildman–Crippen MR) is 116 cm³/mol. The summed E-state index contributed by atoms with van der Waals surface area (Å²) in [7, 11) is 0. The van der Waals surface area contributed by atoms with Crippen LogP contribution in [0.5, 0.6) is 0 Å². The van der Waals surface area contributed by atoms with Crippen molar-refractivity contribution in [1.82, 2.24) is 9.55 Å². The van der Waals surface area contributed by atoms with E-state index in [2.05, 4.69) is 31.5 Å². The normalized spacial score (nSPS) is 12.3. The Morgan fingerprint density at radius 1 is 1.14 bits per heavy atom. The number of benzene rings is 2. The molecule has 0 bridgehead atoms. The van der Waals surface area contributed by atoms with Crippen LogP contribution >= 0.6 is 15.9 Å². The van der Waals surface area contributed by atoms with Gasteiger partial charge in [-0.05, 0) is 60.2 Å². The Balaban J connectivity index is 1.63. The average molecular weight is 438 g/mol. The number of nitrogen functional groups attached to an aromatic ring is 1. The third-order valence-corrected chi connectivity index (χ3v) is 4.64. The van der Waals surface area contributed by atoms with Gasteiger partial charge in [0.15, 0.2) is 0 Å². The van der Waals surface area contributed by atoms with Crippen molar-refractivity contribution in [2.45, 2.75) is 6.50 Å². The molecule has 0 fully saturated rings. The van der Waals surface area contributed by atoms with E-state index < -0.39 is 6.50 Å². The lowest BCUT2D eigenvalue weighted by Gasteiger charge is -2.10. The first-order valence-electron chi connectivity index (χ1n) is 9.51. The molecule has 7 heteroatoms. The summed E-state index contributed by atoms with van der Waals surface area (Å²) in [6.07, 6.45) is 3.13. The van der Waals surface area contributed by atoms with Gasteiger partial charge in [-0.2, -0.15) is 0 Å². The molecule has 4 aromatic rings. The highest BCUT2D eigenvalue weighted by molar-refractivity contribution is 9.10. The monoisotopic (exact) mass is 437 g/mol. The zero-order valence-electron chi connectivity index (χ0n) is 16.7. The first kappa shape index (κ1) is 15.7. The topological polar surface area (TPSA) is 85.0 Å². The summed E-state index contributed by atoms with van der Waals surface area (Å²) in [5.41, 5.74) is 7.99. The van der Waals surface area contributed by atoms with Crippen LogP contribution in [0.25, 0.3) is 10.9 Å². The molecule has 140 valence electrons. The van der Waals surface area contributed by atoms with E-state index in [-0.39, 0.29) is 11.8 Å². The van der Waals surface area contributed by atoms with Crippen LogP contribution in [-0.4, -0.2) is 15.6 Å². The van der Waals surface area contributed by atoms with Crippen molar-refractivity contribution in [3.8, 4) is 0 Å². The molecule has 2 amide bonds. The van der Waals surface area contributed by atoms with Crippen molar-refractivity contribution >= 4 is 50.1 Å². The Bertz CT molecular complexity index is 1220. The molecule has 2 heterocycles. The van der Waals surface area contributed by atoms with E-state index >= 15 is 0 Å². The van der Waals surface area contributed by atoms with E-state index in [0.29, 0.717) is 27.8 Å². The second-order valence-corrected chi connectivity index (χ2v) is 7.01. The second-order valence-electron chi connectivity index (χ2n) is 6.09. The van der Waals surface area contributed by atoms with E-state index in [4.69, 9.17) is 8.48 Å². The van der Waals surface area contributed by atoms with Crippen LogP contribution in [0.2, 0.25) is 0 Å². The minimum atomic E-state index is -1.85. The lowest BCUT2D eigenvalue weighted by molar-refractivity contribution is 0.262. The number of nitrogens with zero attached hydrogens (tertiary/aromatic N) is 2. The SMILES string of the molecule is [2H]C([2H])(c1ccnc(N)c1)n1ccc2c(NC(=O)Nc3ccc(Br)cc3)cccc21. The number of rotatable bonds is 4. The van der Waals surface area contributed by atoms with Crippen LogP contribution in [0.3, 0.4) is 0 Å². The Hall–Kier alpha value is -3.32. The zero-order valence-corrected chi connectivity index (χ0v) is 16.3. The molecule has 0 saturated carbocycles. The molecule has 0 aliphatic heterocycles. The zero-order chi connectivity index (χ0) is 21.3. The number of hydrogen-bond donors (Lipinski definition) is 3. The molecule has 0 aliphatic rings. The fraction of sp³-hybridized carbons (Fsp3) is 0.0476. The van der Waals surface area contributed by atoms with Crippen molar-refractivity contribution in [2.24, 2.45) is 0 Å². The van der Waals surface area contributed by atoms with E-state index in [1.165, 1.54) is 16.8 Å². The second kappa shape index (κ2) is 7.74. The maximum atomic E-state index is 12.4. The fourth-order valence-electron chi connectivity index (χ4n) is 2.85.